The van der Waals surface area contributed by atoms with Gasteiger partial charge in [0, 0.05) is 65.9 Å². The molecular formula is C51H50N6O8. The Balaban J connectivity index is 0.000000195. The molecule has 0 bridgehead atoms. The van der Waals surface area contributed by atoms with E-state index in [1.54, 1.807) is 18.5 Å². The van der Waals surface area contributed by atoms with E-state index < -0.39 is 4.92 Å². The van der Waals surface area contributed by atoms with E-state index in [4.69, 9.17) is 19.4 Å². The highest BCUT2D eigenvalue weighted by atomic mass is 16.6. The molecule has 0 aliphatic rings. The summed E-state index contributed by atoms with van der Waals surface area (Å²) in [4.78, 5) is 47.5. The van der Waals surface area contributed by atoms with Gasteiger partial charge < -0.3 is 18.9 Å². The van der Waals surface area contributed by atoms with Crippen molar-refractivity contribution in [1.29, 1.82) is 0 Å². The number of para-hydroxylation sites is 2. The van der Waals surface area contributed by atoms with Crippen LogP contribution in [-0.4, -0.2) is 68.4 Å². The first-order chi connectivity index (χ1) is 31.8. The second kappa shape index (κ2) is 22.5. The molecule has 332 valence electrons. The van der Waals surface area contributed by atoms with Gasteiger partial charge in [0.2, 0.25) is 0 Å². The number of unbranched alkanes of at least 4 members (excludes halogenated alkanes) is 4. The SMILES string of the molecule is COC(=O)CCCCCOc1cc2c(cc1[N+](=O)[O-])nc(-c1ccccc1)n2-c1ccccc1.COC(=O)CCCCCOc1ccc2nc(-c3ccncc3)n(-c3ccccc3)c2c1. The number of benzene rings is 5. The van der Waals surface area contributed by atoms with Gasteiger partial charge >= 0.3 is 17.6 Å². The monoisotopic (exact) mass is 874 g/mol. The fourth-order valence-corrected chi connectivity index (χ4v) is 7.32. The molecule has 0 unspecified atom stereocenters. The molecule has 0 amide bonds. The number of pyridine rings is 1. The van der Waals surface area contributed by atoms with Gasteiger partial charge in [0.1, 0.15) is 17.4 Å². The van der Waals surface area contributed by atoms with Gasteiger partial charge in [-0.2, -0.15) is 0 Å². The number of aromatic nitrogens is 5. The van der Waals surface area contributed by atoms with Gasteiger partial charge in [-0.1, -0.05) is 66.7 Å². The molecule has 14 heteroatoms. The summed E-state index contributed by atoms with van der Waals surface area (Å²) in [6, 6.07) is 42.7. The largest absolute Gasteiger partial charge is 0.494 e. The van der Waals surface area contributed by atoms with Gasteiger partial charge in [0.15, 0.2) is 5.75 Å². The smallest absolute Gasteiger partial charge is 0.313 e. The van der Waals surface area contributed by atoms with Crippen LogP contribution in [0.5, 0.6) is 11.5 Å². The van der Waals surface area contributed by atoms with Crippen LogP contribution in [-0.2, 0) is 19.1 Å². The predicted molar refractivity (Wildman–Crippen MR) is 249 cm³/mol. The minimum Gasteiger partial charge on any atom is -0.494 e. The van der Waals surface area contributed by atoms with Crippen molar-refractivity contribution in [3.8, 4) is 45.6 Å². The number of hydrogen-bond donors (Lipinski definition) is 0. The molecule has 0 aliphatic heterocycles. The number of nitrogens with zero attached hydrogens (tertiary/aromatic N) is 6. The molecule has 3 aromatic heterocycles. The third-order valence-electron chi connectivity index (χ3n) is 10.6. The van der Waals surface area contributed by atoms with Gasteiger partial charge in [-0.25, -0.2) is 9.97 Å². The average molecular weight is 875 g/mol. The first-order valence-corrected chi connectivity index (χ1v) is 21.5. The average Bonchev–Trinajstić information content (AvgIpc) is 3.93. The number of nitro groups is 1. The molecule has 0 N–H and O–H groups in total. The Kier molecular flexibility index (Phi) is 15.6. The minimum absolute atomic E-state index is 0.126. The fourth-order valence-electron chi connectivity index (χ4n) is 7.32. The van der Waals surface area contributed by atoms with E-state index in [1.165, 1.54) is 20.3 Å². The molecule has 0 saturated carbocycles. The molecule has 0 atom stereocenters. The van der Waals surface area contributed by atoms with Crippen LogP contribution in [0, 0.1) is 10.1 Å². The molecule has 0 saturated heterocycles. The molecule has 14 nitrogen and oxygen atoms in total. The van der Waals surface area contributed by atoms with Crippen LogP contribution in [0.1, 0.15) is 51.4 Å². The summed E-state index contributed by atoms with van der Waals surface area (Å²) >= 11 is 0. The quantitative estimate of drug-likeness (QED) is 0.0329. The van der Waals surface area contributed by atoms with Crippen LogP contribution in [0.2, 0.25) is 0 Å². The summed E-state index contributed by atoms with van der Waals surface area (Å²) in [6.45, 7) is 0.905. The molecule has 65 heavy (non-hydrogen) atoms. The number of methoxy groups -OCH3 is 2. The van der Waals surface area contributed by atoms with Crippen LogP contribution in [0.25, 0.3) is 56.2 Å². The number of imidazole rings is 2. The number of carbonyl (C=O) groups is 2. The zero-order chi connectivity index (χ0) is 45.4. The van der Waals surface area contributed by atoms with Crippen LogP contribution in [0.3, 0.4) is 0 Å². The molecule has 0 fully saturated rings. The Morgan fingerprint density at radius 2 is 1.08 bits per heavy atom. The lowest BCUT2D eigenvalue weighted by molar-refractivity contribution is -0.385. The van der Waals surface area contributed by atoms with Crippen LogP contribution >= 0.6 is 0 Å². The molecule has 0 radical (unpaired) electrons. The highest BCUT2D eigenvalue weighted by molar-refractivity contribution is 5.87. The maximum atomic E-state index is 11.8. The molecular weight excluding hydrogens is 825 g/mol. The van der Waals surface area contributed by atoms with Crippen molar-refractivity contribution in [3.05, 3.63) is 156 Å². The summed E-state index contributed by atoms with van der Waals surface area (Å²) in [7, 11) is 2.78. The molecule has 5 aromatic carbocycles. The topological polar surface area (TPSA) is 163 Å². The highest BCUT2D eigenvalue weighted by Crippen LogP contribution is 2.37. The Hall–Kier alpha value is -7.87. The molecule has 8 aromatic rings. The third kappa shape index (κ3) is 11.6. The van der Waals surface area contributed by atoms with E-state index in [0.29, 0.717) is 50.2 Å². The summed E-state index contributed by atoms with van der Waals surface area (Å²) in [5, 5.41) is 11.8. The van der Waals surface area contributed by atoms with E-state index in [9.17, 15) is 19.7 Å². The summed E-state index contributed by atoms with van der Waals surface area (Å²) in [6.07, 6.45) is 9.07. The number of esters is 2. The Morgan fingerprint density at radius 3 is 1.63 bits per heavy atom. The van der Waals surface area contributed by atoms with Crippen molar-refractivity contribution in [1.82, 2.24) is 24.1 Å². The van der Waals surface area contributed by atoms with Crippen molar-refractivity contribution in [2.24, 2.45) is 0 Å². The number of rotatable bonds is 19. The summed E-state index contributed by atoms with van der Waals surface area (Å²) in [5.41, 5.74) is 6.84. The number of fused-ring (bicyclic) bond motifs is 2. The van der Waals surface area contributed by atoms with Crippen LogP contribution in [0.4, 0.5) is 5.69 Å². The number of carbonyl (C=O) groups excluding carboxylic acids is 2. The van der Waals surface area contributed by atoms with E-state index in [1.807, 2.05) is 114 Å². The zero-order valence-corrected chi connectivity index (χ0v) is 36.4. The lowest BCUT2D eigenvalue weighted by Crippen LogP contribution is -2.03. The first kappa shape index (κ1) is 45.2. The second-order valence-electron chi connectivity index (χ2n) is 15.0. The maximum Gasteiger partial charge on any atom is 0.313 e. The van der Waals surface area contributed by atoms with E-state index in [-0.39, 0.29) is 23.4 Å². The van der Waals surface area contributed by atoms with Crippen molar-refractivity contribution in [3.63, 3.8) is 0 Å². The standard InChI is InChI=1S/C26H25N3O5.C25H25N3O3/c1-33-25(30)15-9-4-10-16-34-24-18-22-21(17-23(24)29(31)32)27-26(19-11-5-2-6-12-19)28(22)20-13-7-3-8-14-20;1-30-24(29)10-6-3-7-17-31-21-11-12-22-23(18-21)28(20-8-4-2-5-9-20)25(27-22)19-13-15-26-16-14-19/h2-3,5-8,11-14,17-18H,4,9-10,15-16H2,1H3;2,4-5,8-9,11-16,18H,3,6-7,10,17H2,1H3. The third-order valence-corrected chi connectivity index (χ3v) is 10.6. The maximum absolute atomic E-state index is 11.8. The summed E-state index contributed by atoms with van der Waals surface area (Å²) in [5.74, 6) is 2.15. The lowest BCUT2D eigenvalue weighted by atomic mass is 10.2. The Bertz CT molecular complexity index is 2810. The van der Waals surface area contributed by atoms with Crippen LogP contribution in [0.15, 0.2) is 146 Å². The van der Waals surface area contributed by atoms with Crippen molar-refractivity contribution >= 4 is 39.7 Å². The number of ether oxygens (including phenoxy) is 4. The Labute approximate surface area is 376 Å². The predicted octanol–water partition coefficient (Wildman–Crippen LogP) is 10.9. The van der Waals surface area contributed by atoms with Crippen LogP contribution < -0.4 is 9.47 Å². The molecule has 0 aliphatic carbocycles. The number of nitro benzene ring substituents is 1. The van der Waals surface area contributed by atoms with Crippen molar-refractivity contribution in [2.75, 3.05) is 27.4 Å². The lowest BCUT2D eigenvalue weighted by Gasteiger charge is -2.11. The highest BCUT2D eigenvalue weighted by Gasteiger charge is 2.23. The second-order valence-corrected chi connectivity index (χ2v) is 15.0. The fraction of sp³-hybridized carbons (Fsp3) is 0.235. The first-order valence-electron chi connectivity index (χ1n) is 21.5. The van der Waals surface area contributed by atoms with Crippen molar-refractivity contribution in [2.45, 2.75) is 51.4 Å². The van der Waals surface area contributed by atoms with Crippen molar-refractivity contribution < 1.29 is 33.5 Å². The number of hydrogen-bond acceptors (Lipinski definition) is 11. The Morgan fingerprint density at radius 1 is 0.569 bits per heavy atom. The van der Waals surface area contributed by atoms with Gasteiger partial charge in [0.05, 0.1) is 54.4 Å². The van der Waals surface area contributed by atoms with E-state index in [2.05, 4.69) is 31.2 Å². The zero-order valence-electron chi connectivity index (χ0n) is 36.4. The summed E-state index contributed by atoms with van der Waals surface area (Å²) < 4.78 is 25.3. The molecule has 3 heterocycles. The van der Waals surface area contributed by atoms with Gasteiger partial charge in [0.25, 0.3) is 0 Å². The van der Waals surface area contributed by atoms with E-state index >= 15 is 0 Å². The molecule has 0 spiro atoms. The van der Waals surface area contributed by atoms with Gasteiger partial charge in [-0.3, -0.25) is 33.8 Å². The van der Waals surface area contributed by atoms with Gasteiger partial charge in [-0.15, -0.1) is 0 Å². The minimum atomic E-state index is -0.449. The van der Waals surface area contributed by atoms with E-state index in [0.717, 1.165) is 76.3 Å². The van der Waals surface area contributed by atoms with Gasteiger partial charge in [-0.05, 0) is 87.1 Å². The molecule has 8 rings (SSSR count). The normalized spacial score (nSPS) is 10.9.